The van der Waals surface area contributed by atoms with Crippen LogP contribution in [0.2, 0.25) is 0 Å². The minimum Gasteiger partial charge on any atom is -0.406 e. The molecule has 1 aromatic carbocycles. The van der Waals surface area contributed by atoms with E-state index in [0.717, 1.165) is 43.4 Å². The van der Waals surface area contributed by atoms with Crippen LogP contribution in [0.5, 0.6) is 5.75 Å². The second-order valence-corrected chi connectivity index (χ2v) is 8.59. The highest BCUT2D eigenvalue weighted by molar-refractivity contribution is 5.92. The Balaban J connectivity index is 1.60. The van der Waals surface area contributed by atoms with E-state index < -0.39 is 12.0 Å². The molecule has 2 aliphatic rings. The number of alkyl halides is 3. The molecule has 2 saturated carbocycles. The Bertz CT molecular complexity index is 943. The van der Waals surface area contributed by atoms with Gasteiger partial charge in [0.25, 0.3) is 0 Å². The normalized spacial score (nSPS) is 18.6. The molecular weight excluding hydrogens is 411 g/mol. The Morgan fingerprint density at radius 3 is 2.42 bits per heavy atom. The third-order valence-electron chi connectivity index (χ3n) is 6.24. The zero-order valence-corrected chi connectivity index (χ0v) is 17.3. The summed E-state index contributed by atoms with van der Waals surface area (Å²) in [6.07, 6.45) is 1.35. The Morgan fingerprint density at radius 2 is 1.87 bits per heavy atom. The quantitative estimate of drug-likeness (QED) is 0.675. The standard InChI is InChI=1S/C22H26F3N3O3/c1-28-19(15-7-9-16(10-8-15)31-22(23,24)25)18(14-5-4-6-14)20(27-28)26-17(29)13-21(30)11-2-3-12-21/h7-10,14,30H,2-6,11-13H2,1H3,(H,26,27,29). The highest BCUT2D eigenvalue weighted by atomic mass is 19.4. The molecule has 1 heterocycles. The van der Waals surface area contributed by atoms with Crippen LogP contribution in [-0.4, -0.2) is 32.8 Å². The fraction of sp³-hybridized carbons (Fsp3) is 0.545. The van der Waals surface area contributed by atoms with Gasteiger partial charge in [0, 0.05) is 18.2 Å². The van der Waals surface area contributed by atoms with Crippen LogP contribution in [0.15, 0.2) is 24.3 Å². The maximum Gasteiger partial charge on any atom is 0.573 e. The van der Waals surface area contributed by atoms with E-state index in [0.29, 0.717) is 24.2 Å². The minimum absolute atomic E-state index is 0.0342. The first-order valence-electron chi connectivity index (χ1n) is 10.6. The van der Waals surface area contributed by atoms with Crippen molar-refractivity contribution in [2.75, 3.05) is 5.32 Å². The Labute approximate surface area is 178 Å². The molecule has 0 unspecified atom stereocenters. The number of amides is 1. The number of hydrogen-bond acceptors (Lipinski definition) is 4. The van der Waals surface area contributed by atoms with Gasteiger partial charge in [0.05, 0.1) is 17.7 Å². The fourth-order valence-corrected chi connectivity index (χ4v) is 4.56. The van der Waals surface area contributed by atoms with Crippen molar-refractivity contribution in [3.63, 3.8) is 0 Å². The van der Waals surface area contributed by atoms with E-state index in [1.165, 1.54) is 12.1 Å². The summed E-state index contributed by atoms with van der Waals surface area (Å²) < 4.78 is 43.0. The van der Waals surface area contributed by atoms with Crippen molar-refractivity contribution in [2.24, 2.45) is 7.05 Å². The van der Waals surface area contributed by atoms with Crippen LogP contribution in [0, 0.1) is 0 Å². The molecule has 1 amide bonds. The molecule has 0 saturated heterocycles. The molecule has 2 aliphatic carbocycles. The second kappa shape index (κ2) is 8.18. The number of nitrogens with one attached hydrogen (secondary N) is 1. The third kappa shape index (κ3) is 4.87. The molecule has 0 aliphatic heterocycles. The third-order valence-corrected chi connectivity index (χ3v) is 6.24. The molecule has 4 rings (SSSR count). The minimum atomic E-state index is -4.74. The van der Waals surface area contributed by atoms with Gasteiger partial charge in [-0.05, 0) is 55.9 Å². The largest absolute Gasteiger partial charge is 0.573 e. The van der Waals surface area contributed by atoms with Gasteiger partial charge in [0.15, 0.2) is 5.82 Å². The van der Waals surface area contributed by atoms with Crippen molar-refractivity contribution in [3.05, 3.63) is 29.8 Å². The first-order valence-corrected chi connectivity index (χ1v) is 10.6. The topological polar surface area (TPSA) is 76.4 Å². The van der Waals surface area contributed by atoms with Gasteiger partial charge in [-0.2, -0.15) is 5.10 Å². The van der Waals surface area contributed by atoms with E-state index >= 15 is 0 Å². The summed E-state index contributed by atoms with van der Waals surface area (Å²) in [7, 11) is 1.75. The van der Waals surface area contributed by atoms with Gasteiger partial charge in [0.1, 0.15) is 5.75 Å². The number of halogens is 3. The molecule has 2 aromatic rings. The zero-order valence-electron chi connectivity index (χ0n) is 17.3. The van der Waals surface area contributed by atoms with Crippen LogP contribution in [0.4, 0.5) is 19.0 Å². The van der Waals surface area contributed by atoms with Crippen LogP contribution in [0.1, 0.15) is 62.8 Å². The average Bonchev–Trinajstić information content (AvgIpc) is 3.17. The summed E-state index contributed by atoms with van der Waals surface area (Å²) >= 11 is 0. The van der Waals surface area contributed by atoms with Gasteiger partial charge in [0.2, 0.25) is 5.91 Å². The van der Waals surface area contributed by atoms with E-state index in [9.17, 15) is 23.1 Å². The predicted octanol–water partition coefficient (Wildman–Crippen LogP) is 4.89. The van der Waals surface area contributed by atoms with Gasteiger partial charge < -0.3 is 15.2 Å². The molecule has 168 valence electrons. The monoisotopic (exact) mass is 437 g/mol. The number of aryl methyl sites for hydroxylation is 1. The van der Waals surface area contributed by atoms with Crippen molar-refractivity contribution in [3.8, 4) is 17.0 Å². The van der Waals surface area contributed by atoms with Gasteiger partial charge in [-0.3, -0.25) is 9.48 Å². The molecule has 9 heteroatoms. The number of hydrogen-bond donors (Lipinski definition) is 2. The van der Waals surface area contributed by atoms with Crippen molar-refractivity contribution in [1.82, 2.24) is 9.78 Å². The molecule has 0 radical (unpaired) electrons. The zero-order chi connectivity index (χ0) is 22.2. The lowest BCUT2D eigenvalue weighted by molar-refractivity contribution is -0.274. The number of aromatic nitrogens is 2. The summed E-state index contributed by atoms with van der Waals surface area (Å²) in [6, 6.07) is 5.67. The van der Waals surface area contributed by atoms with Crippen molar-refractivity contribution in [1.29, 1.82) is 0 Å². The number of ether oxygens (including phenoxy) is 1. The maximum absolute atomic E-state index is 12.6. The van der Waals surface area contributed by atoms with Gasteiger partial charge in [-0.15, -0.1) is 13.2 Å². The molecule has 2 fully saturated rings. The van der Waals surface area contributed by atoms with E-state index in [4.69, 9.17) is 0 Å². The Morgan fingerprint density at radius 1 is 1.23 bits per heavy atom. The van der Waals surface area contributed by atoms with E-state index in [2.05, 4.69) is 15.2 Å². The van der Waals surface area contributed by atoms with Crippen LogP contribution in [0.25, 0.3) is 11.3 Å². The van der Waals surface area contributed by atoms with E-state index in [1.54, 1.807) is 23.9 Å². The summed E-state index contributed by atoms with van der Waals surface area (Å²) in [4.78, 5) is 12.6. The van der Waals surface area contributed by atoms with Gasteiger partial charge >= 0.3 is 6.36 Å². The number of benzene rings is 1. The van der Waals surface area contributed by atoms with Crippen LogP contribution in [-0.2, 0) is 11.8 Å². The number of aliphatic hydroxyl groups is 1. The summed E-state index contributed by atoms with van der Waals surface area (Å²) in [5, 5.41) is 17.9. The van der Waals surface area contributed by atoms with Crippen molar-refractivity contribution >= 4 is 11.7 Å². The van der Waals surface area contributed by atoms with Crippen LogP contribution >= 0.6 is 0 Å². The second-order valence-electron chi connectivity index (χ2n) is 8.59. The van der Waals surface area contributed by atoms with Crippen molar-refractivity contribution in [2.45, 2.75) is 69.2 Å². The number of carbonyl (C=O) groups excluding carboxylic acids is 1. The SMILES string of the molecule is Cn1nc(NC(=O)CC2(O)CCCC2)c(C2CCC2)c1-c1ccc(OC(F)(F)F)cc1. The maximum atomic E-state index is 12.6. The average molecular weight is 437 g/mol. The Hall–Kier alpha value is -2.55. The first-order chi connectivity index (χ1) is 14.6. The van der Waals surface area contributed by atoms with E-state index in [-0.39, 0.29) is 24.0 Å². The fourth-order valence-electron chi connectivity index (χ4n) is 4.56. The van der Waals surface area contributed by atoms with Crippen LogP contribution < -0.4 is 10.1 Å². The van der Waals surface area contributed by atoms with Gasteiger partial charge in [-0.25, -0.2) is 0 Å². The molecule has 6 nitrogen and oxygen atoms in total. The lowest BCUT2D eigenvalue weighted by Gasteiger charge is -2.27. The smallest absolute Gasteiger partial charge is 0.406 e. The molecular formula is C22H26F3N3O3. The highest BCUT2D eigenvalue weighted by Crippen LogP contribution is 2.45. The number of anilines is 1. The molecule has 2 N–H and O–H groups in total. The summed E-state index contributed by atoms with van der Waals surface area (Å²) in [5.74, 6) is 0.120. The molecule has 1 aromatic heterocycles. The number of nitrogens with zero attached hydrogens (tertiary/aromatic N) is 2. The number of carbonyl (C=O) groups is 1. The summed E-state index contributed by atoms with van der Waals surface area (Å²) in [5.41, 5.74) is 1.40. The summed E-state index contributed by atoms with van der Waals surface area (Å²) in [6.45, 7) is 0. The lowest BCUT2D eigenvalue weighted by atomic mass is 9.79. The molecule has 31 heavy (non-hydrogen) atoms. The predicted molar refractivity (Wildman–Crippen MR) is 109 cm³/mol. The van der Waals surface area contributed by atoms with Crippen molar-refractivity contribution < 1.29 is 27.8 Å². The number of rotatable bonds is 6. The molecule has 0 spiro atoms. The Kier molecular flexibility index (Phi) is 5.72. The molecule has 0 bridgehead atoms. The van der Waals surface area contributed by atoms with Gasteiger partial charge in [-0.1, -0.05) is 19.3 Å². The van der Waals surface area contributed by atoms with Crippen LogP contribution in [0.3, 0.4) is 0 Å². The lowest BCUT2D eigenvalue weighted by Crippen LogP contribution is -2.31. The molecule has 0 atom stereocenters. The highest BCUT2D eigenvalue weighted by Gasteiger charge is 2.35. The first kappa shape index (κ1) is 21.7. The van der Waals surface area contributed by atoms with E-state index in [1.807, 2.05) is 0 Å².